The minimum absolute atomic E-state index is 0. The first-order valence-electron chi connectivity index (χ1n) is 10.6. The van der Waals surface area contributed by atoms with Crippen LogP contribution in [0.5, 0.6) is 0 Å². The van der Waals surface area contributed by atoms with Crippen LogP contribution in [0.4, 0.5) is 0 Å². The van der Waals surface area contributed by atoms with Crippen molar-refractivity contribution >= 4 is 37.0 Å². The van der Waals surface area contributed by atoms with Crippen molar-refractivity contribution in [2.75, 3.05) is 19.9 Å². The van der Waals surface area contributed by atoms with Crippen molar-refractivity contribution in [2.24, 2.45) is 11.3 Å². The molecule has 33 heavy (non-hydrogen) atoms. The van der Waals surface area contributed by atoms with Crippen LogP contribution < -0.4 is 5.32 Å². The first kappa shape index (κ1) is 29.2. The molecule has 1 N–H and O–H groups in total. The molecule has 1 amide bonds. The average molecular weight is 511 g/mol. The van der Waals surface area contributed by atoms with Gasteiger partial charge < -0.3 is 14.8 Å². The summed E-state index contributed by atoms with van der Waals surface area (Å²) in [5, 5.41) is 2.57. The normalized spacial score (nSPS) is 21.5. The first-order chi connectivity index (χ1) is 15.5. The van der Waals surface area contributed by atoms with Crippen molar-refractivity contribution in [3.8, 4) is 0 Å². The highest BCUT2D eigenvalue weighted by Crippen LogP contribution is 2.57. The standard InChI is InChI=1S/C18H27N2O9PS.C2H6.H2/c1-12(2)17(23)26-11-28-30(24)27-9-18(3,4)15(29-30)16(22)20-6-5-14(21)25-8-13-7-19-10-31-13;1-2;/h7,10,12,15H,5-6,8-9,11H2,1-4H3,(H,20,22);1-2H3;1H/t15-,30?;;/m0../s1. The van der Waals surface area contributed by atoms with Crippen LogP contribution in [0.3, 0.4) is 0 Å². The van der Waals surface area contributed by atoms with E-state index in [9.17, 15) is 18.9 Å². The van der Waals surface area contributed by atoms with Crippen molar-refractivity contribution in [3.63, 3.8) is 0 Å². The van der Waals surface area contributed by atoms with Gasteiger partial charge in [0.25, 0.3) is 0 Å². The van der Waals surface area contributed by atoms with Crippen molar-refractivity contribution in [1.29, 1.82) is 0 Å². The smallest absolute Gasteiger partial charge is 0.460 e. The van der Waals surface area contributed by atoms with Crippen LogP contribution in [-0.2, 0) is 48.6 Å². The molecule has 0 aliphatic carbocycles. The van der Waals surface area contributed by atoms with Crippen LogP contribution in [0.2, 0.25) is 0 Å². The summed E-state index contributed by atoms with van der Waals surface area (Å²) in [5.41, 5.74) is 0.818. The highest BCUT2D eigenvalue weighted by molar-refractivity contribution is 7.48. The fourth-order valence-corrected chi connectivity index (χ4v) is 4.34. The number of rotatable bonds is 10. The van der Waals surface area contributed by atoms with Gasteiger partial charge in [0.05, 0.1) is 29.3 Å². The quantitative estimate of drug-likeness (QED) is 0.282. The van der Waals surface area contributed by atoms with Gasteiger partial charge in [-0.15, -0.1) is 11.3 Å². The van der Waals surface area contributed by atoms with Gasteiger partial charge in [-0.25, -0.2) is 9.09 Å². The zero-order chi connectivity index (χ0) is 25.1. The average Bonchev–Trinajstić information content (AvgIpc) is 3.29. The fraction of sp³-hybridized carbons (Fsp3) is 0.700. The van der Waals surface area contributed by atoms with E-state index in [2.05, 4.69) is 10.3 Å². The molecule has 11 nitrogen and oxygen atoms in total. The molecule has 190 valence electrons. The molecule has 13 heteroatoms. The highest BCUT2D eigenvalue weighted by atomic mass is 32.1. The number of esters is 2. The number of aromatic nitrogens is 1. The monoisotopic (exact) mass is 510 g/mol. The molecular formula is C20H35N2O9PS. The van der Waals surface area contributed by atoms with Gasteiger partial charge in [-0.2, -0.15) is 0 Å². The Labute approximate surface area is 199 Å². The van der Waals surface area contributed by atoms with Crippen LogP contribution >= 0.6 is 19.2 Å². The molecule has 1 fully saturated rings. The molecule has 1 aliphatic heterocycles. The maximum atomic E-state index is 12.7. The Morgan fingerprint density at radius 2 is 2.03 bits per heavy atom. The molecule has 2 rings (SSSR count). The summed E-state index contributed by atoms with van der Waals surface area (Å²) >= 11 is 1.37. The predicted molar refractivity (Wildman–Crippen MR) is 122 cm³/mol. The van der Waals surface area contributed by atoms with E-state index in [0.29, 0.717) is 0 Å². The second-order valence-corrected chi connectivity index (χ2v) is 10.3. The SMILES string of the molecule is CC.CC(C)C(=O)OCOP1(=O)OCC(C)(C)[C@H](C(=O)NCCC(=O)OCc2cncs2)O1.[HH]. The summed E-state index contributed by atoms with van der Waals surface area (Å²) in [5.74, 6) is -1.99. The molecule has 1 unspecified atom stereocenters. The Balaban J connectivity index is 0.00000353. The summed E-state index contributed by atoms with van der Waals surface area (Å²) in [6.45, 7) is 10.1. The number of hydrogen-bond donors (Lipinski definition) is 1. The number of hydrogen-bond acceptors (Lipinski definition) is 11. The van der Waals surface area contributed by atoms with Crippen LogP contribution in [0, 0.1) is 11.3 Å². The maximum absolute atomic E-state index is 12.7. The number of nitrogens with zero attached hydrogens (tertiary/aromatic N) is 1. The van der Waals surface area contributed by atoms with E-state index in [1.54, 1.807) is 39.4 Å². The van der Waals surface area contributed by atoms with E-state index in [-0.39, 0.29) is 33.5 Å². The Morgan fingerprint density at radius 1 is 1.33 bits per heavy atom. The van der Waals surface area contributed by atoms with Crippen molar-refractivity contribution in [2.45, 2.75) is 60.7 Å². The van der Waals surface area contributed by atoms with Gasteiger partial charge >= 0.3 is 19.8 Å². The number of carbonyl (C=O) groups excluding carboxylic acids is 3. The van der Waals surface area contributed by atoms with Gasteiger partial charge in [0.1, 0.15) is 6.61 Å². The third-order valence-corrected chi connectivity index (χ3v) is 6.24. The van der Waals surface area contributed by atoms with Crippen LogP contribution in [0.1, 0.15) is 54.3 Å². The molecule has 0 saturated carbocycles. The Bertz CT molecular complexity index is 821. The van der Waals surface area contributed by atoms with Crippen molar-refractivity contribution in [1.82, 2.24) is 10.3 Å². The second-order valence-electron chi connectivity index (χ2n) is 7.73. The van der Waals surface area contributed by atoms with E-state index >= 15 is 0 Å². The number of carbonyl (C=O) groups is 3. The summed E-state index contributed by atoms with van der Waals surface area (Å²) in [6, 6.07) is 0. The van der Waals surface area contributed by atoms with Gasteiger partial charge in [0.15, 0.2) is 6.10 Å². The summed E-state index contributed by atoms with van der Waals surface area (Å²) in [7, 11) is -4.11. The molecule has 1 aromatic rings. The number of phosphoric acid groups is 1. The van der Waals surface area contributed by atoms with Gasteiger partial charge in [-0.05, 0) is 0 Å². The van der Waals surface area contributed by atoms with E-state index < -0.39 is 44.0 Å². The molecule has 0 aromatic carbocycles. The summed E-state index contributed by atoms with van der Waals surface area (Å²) in [6.07, 6.45) is 0.392. The van der Waals surface area contributed by atoms with Gasteiger partial charge in [0.2, 0.25) is 12.7 Å². The zero-order valence-electron chi connectivity index (χ0n) is 19.8. The fourth-order valence-electron chi connectivity index (χ4n) is 2.33. The molecule has 2 heterocycles. The third kappa shape index (κ3) is 9.89. The molecule has 0 radical (unpaired) electrons. The minimum atomic E-state index is -4.11. The van der Waals surface area contributed by atoms with Crippen molar-refractivity contribution < 1.29 is 43.4 Å². The predicted octanol–water partition coefficient (Wildman–Crippen LogP) is 3.69. The Hall–Kier alpha value is -1.85. The lowest BCUT2D eigenvalue weighted by Gasteiger charge is -2.39. The lowest BCUT2D eigenvalue weighted by atomic mass is 9.87. The Morgan fingerprint density at radius 3 is 2.64 bits per heavy atom. The number of nitrogens with one attached hydrogen (secondary N) is 1. The van der Waals surface area contributed by atoms with E-state index in [1.807, 2.05) is 13.8 Å². The highest BCUT2D eigenvalue weighted by Gasteiger charge is 2.49. The van der Waals surface area contributed by atoms with Crippen LogP contribution in [-0.4, -0.2) is 48.9 Å². The molecule has 0 spiro atoms. The summed E-state index contributed by atoms with van der Waals surface area (Å²) < 4.78 is 38.0. The lowest BCUT2D eigenvalue weighted by molar-refractivity contribution is -0.158. The molecule has 1 saturated heterocycles. The maximum Gasteiger partial charge on any atom is 0.478 e. The number of amides is 1. The summed E-state index contributed by atoms with van der Waals surface area (Å²) in [4.78, 5) is 40.6. The van der Waals surface area contributed by atoms with Crippen molar-refractivity contribution in [3.05, 3.63) is 16.6 Å². The number of thiazole rings is 1. The Kier molecular flexibility index (Phi) is 12.2. The zero-order valence-corrected chi connectivity index (χ0v) is 21.5. The van der Waals surface area contributed by atoms with E-state index in [4.69, 9.17) is 23.0 Å². The topological polar surface area (TPSA) is 139 Å². The largest absolute Gasteiger partial charge is 0.478 e. The molecule has 2 atom stereocenters. The molecular weight excluding hydrogens is 475 g/mol. The van der Waals surface area contributed by atoms with Crippen LogP contribution in [0.15, 0.2) is 11.7 Å². The van der Waals surface area contributed by atoms with Gasteiger partial charge in [0, 0.05) is 19.6 Å². The number of ether oxygens (including phenoxy) is 2. The minimum Gasteiger partial charge on any atom is -0.460 e. The van der Waals surface area contributed by atoms with Gasteiger partial charge in [-0.1, -0.05) is 41.5 Å². The molecule has 1 aliphatic rings. The number of phosphoric ester groups is 1. The third-order valence-electron chi connectivity index (χ3n) is 4.15. The molecule has 0 bridgehead atoms. The second kappa shape index (κ2) is 13.8. The lowest BCUT2D eigenvalue weighted by Crippen LogP contribution is -2.50. The first-order valence-corrected chi connectivity index (χ1v) is 12.9. The van der Waals surface area contributed by atoms with E-state index in [0.717, 1.165) is 4.88 Å². The van der Waals surface area contributed by atoms with Gasteiger partial charge in [-0.3, -0.25) is 28.4 Å². The molecule has 1 aromatic heterocycles. The van der Waals surface area contributed by atoms with Crippen LogP contribution in [0.25, 0.3) is 0 Å². The van der Waals surface area contributed by atoms with E-state index in [1.165, 1.54) is 11.3 Å².